The summed E-state index contributed by atoms with van der Waals surface area (Å²) >= 11 is 0. The van der Waals surface area contributed by atoms with E-state index in [2.05, 4.69) is 0 Å². The number of aromatic hydroxyl groups is 1. The normalized spacial score (nSPS) is 12.3. The second-order valence-electron chi connectivity index (χ2n) is 5.12. The van der Waals surface area contributed by atoms with Crippen molar-refractivity contribution in [1.82, 2.24) is 0 Å². The average Bonchev–Trinajstić information content (AvgIpc) is 2.25. The van der Waals surface area contributed by atoms with Crippen LogP contribution in [-0.2, 0) is 9.53 Å². The van der Waals surface area contributed by atoms with Crippen LogP contribution < -0.4 is 0 Å². The van der Waals surface area contributed by atoms with E-state index in [9.17, 15) is 9.90 Å². The SMILES string of the molecule is CCC(=Cc1ccc(O)cc1)C(=O)OC(C)(C)C. The zero-order chi connectivity index (χ0) is 13.8. The van der Waals surface area contributed by atoms with E-state index in [0.717, 1.165) is 5.56 Å². The molecule has 3 heteroatoms. The van der Waals surface area contributed by atoms with Gasteiger partial charge in [0.2, 0.25) is 0 Å². The van der Waals surface area contributed by atoms with Crippen molar-refractivity contribution in [3.8, 4) is 5.75 Å². The first kappa shape index (κ1) is 14.3. The zero-order valence-electron chi connectivity index (χ0n) is 11.4. The molecular weight excluding hydrogens is 228 g/mol. The predicted molar refractivity (Wildman–Crippen MR) is 72.2 cm³/mol. The molecule has 0 aliphatic carbocycles. The molecule has 0 aliphatic heterocycles. The van der Waals surface area contributed by atoms with Gasteiger partial charge in [0, 0.05) is 5.57 Å². The van der Waals surface area contributed by atoms with Crippen LogP contribution in [0.4, 0.5) is 0 Å². The Morgan fingerprint density at radius 3 is 2.28 bits per heavy atom. The lowest BCUT2D eigenvalue weighted by Gasteiger charge is -2.20. The number of rotatable bonds is 3. The number of phenolic OH excluding ortho intramolecular Hbond substituents is 1. The van der Waals surface area contributed by atoms with Gasteiger partial charge < -0.3 is 9.84 Å². The minimum atomic E-state index is -0.486. The molecule has 1 N–H and O–H groups in total. The zero-order valence-corrected chi connectivity index (χ0v) is 11.4. The first-order valence-corrected chi connectivity index (χ1v) is 6.05. The standard InChI is InChI=1S/C15H20O3/c1-5-12(14(17)18-15(2,3)4)10-11-6-8-13(16)9-7-11/h6-10,16H,5H2,1-4H3. The van der Waals surface area contributed by atoms with Crippen molar-refractivity contribution in [3.63, 3.8) is 0 Å². The van der Waals surface area contributed by atoms with Gasteiger partial charge in [-0.3, -0.25) is 0 Å². The Bertz CT molecular complexity index is 436. The Kier molecular flexibility index (Phi) is 4.54. The quantitative estimate of drug-likeness (QED) is 0.657. The summed E-state index contributed by atoms with van der Waals surface area (Å²) in [5, 5.41) is 9.20. The van der Waals surface area contributed by atoms with Crippen molar-refractivity contribution in [3.05, 3.63) is 35.4 Å². The van der Waals surface area contributed by atoms with E-state index in [-0.39, 0.29) is 11.7 Å². The molecule has 0 saturated carbocycles. The van der Waals surface area contributed by atoms with Crippen LogP contribution in [0.5, 0.6) is 5.75 Å². The van der Waals surface area contributed by atoms with Crippen molar-refractivity contribution < 1.29 is 14.6 Å². The van der Waals surface area contributed by atoms with Crippen LogP contribution >= 0.6 is 0 Å². The molecule has 0 spiro atoms. The molecule has 0 aliphatic rings. The molecule has 0 fully saturated rings. The summed E-state index contributed by atoms with van der Waals surface area (Å²) in [5.41, 5.74) is 1.01. The van der Waals surface area contributed by atoms with Crippen molar-refractivity contribution >= 4 is 12.0 Å². The topological polar surface area (TPSA) is 46.5 Å². The Hall–Kier alpha value is -1.77. The van der Waals surface area contributed by atoms with E-state index in [1.54, 1.807) is 30.3 Å². The molecule has 0 aromatic heterocycles. The summed E-state index contributed by atoms with van der Waals surface area (Å²) in [6.45, 7) is 7.45. The molecule has 0 unspecified atom stereocenters. The Morgan fingerprint density at radius 2 is 1.83 bits per heavy atom. The summed E-state index contributed by atoms with van der Waals surface area (Å²) in [6, 6.07) is 6.70. The lowest BCUT2D eigenvalue weighted by molar-refractivity contribution is -0.149. The first-order valence-electron chi connectivity index (χ1n) is 6.05. The fourth-order valence-electron chi connectivity index (χ4n) is 1.42. The van der Waals surface area contributed by atoms with E-state index in [1.165, 1.54) is 0 Å². The van der Waals surface area contributed by atoms with E-state index in [0.29, 0.717) is 12.0 Å². The molecule has 0 amide bonds. The Morgan fingerprint density at radius 1 is 1.28 bits per heavy atom. The maximum atomic E-state index is 11.9. The highest BCUT2D eigenvalue weighted by molar-refractivity contribution is 5.93. The van der Waals surface area contributed by atoms with Crippen LogP contribution in [0.3, 0.4) is 0 Å². The largest absolute Gasteiger partial charge is 0.508 e. The molecule has 1 aromatic carbocycles. The lowest BCUT2D eigenvalue weighted by atomic mass is 10.1. The Balaban J connectivity index is 2.89. The molecule has 0 heterocycles. The highest BCUT2D eigenvalue weighted by atomic mass is 16.6. The van der Waals surface area contributed by atoms with Crippen LogP contribution in [0.2, 0.25) is 0 Å². The van der Waals surface area contributed by atoms with Gasteiger partial charge in [-0.1, -0.05) is 19.1 Å². The Labute approximate surface area is 108 Å². The molecule has 1 rings (SSSR count). The third kappa shape index (κ3) is 4.62. The van der Waals surface area contributed by atoms with Gasteiger partial charge in [0.15, 0.2) is 0 Å². The van der Waals surface area contributed by atoms with Crippen molar-refractivity contribution in [2.45, 2.75) is 39.7 Å². The van der Waals surface area contributed by atoms with Crippen LogP contribution in [0.1, 0.15) is 39.7 Å². The number of esters is 1. The van der Waals surface area contributed by atoms with Crippen LogP contribution in [-0.4, -0.2) is 16.7 Å². The molecular formula is C15H20O3. The molecule has 0 saturated heterocycles. The average molecular weight is 248 g/mol. The van der Waals surface area contributed by atoms with Gasteiger partial charge in [0.05, 0.1) is 0 Å². The molecule has 0 atom stereocenters. The summed E-state index contributed by atoms with van der Waals surface area (Å²) in [5.74, 6) is -0.0828. The monoisotopic (exact) mass is 248 g/mol. The summed E-state index contributed by atoms with van der Waals surface area (Å²) in [7, 11) is 0. The number of hydrogen-bond acceptors (Lipinski definition) is 3. The van der Waals surface area contributed by atoms with Gasteiger partial charge in [-0.05, 0) is 51.0 Å². The minimum absolute atomic E-state index is 0.211. The van der Waals surface area contributed by atoms with Gasteiger partial charge in [0.1, 0.15) is 11.4 Å². The fraction of sp³-hybridized carbons (Fsp3) is 0.400. The highest BCUT2D eigenvalue weighted by Crippen LogP contribution is 2.17. The summed E-state index contributed by atoms with van der Waals surface area (Å²) in [4.78, 5) is 11.9. The van der Waals surface area contributed by atoms with Crippen LogP contribution in [0, 0.1) is 0 Å². The number of hydrogen-bond donors (Lipinski definition) is 1. The molecule has 3 nitrogen and oxygen atoms in total. The number of phenols is 1. The number of ether oxygens (including phenoxy) is 1. The third-order valence-electron chi connectivity index (χ3n) is 2.28. The van der Waals surface area contributed by atoms with E-state index in [4.69, 9.17) is 4.74 Å². The van der Waals surface area contributed by atoms with Gasteiger partial charge in [-0.2, -0.15) is 0 Å². The van der Waals surface area contributed by atoms with Gasteiger partial charge >= 0.3 is 5.97 Å². The van der Waals surface area contributed by atoms with E-state index in [1.807, 2.05) is 27.7 Å². The molecule has 1 aromatic rings. The van der Waals surface area contributed by atoms with Gasteiger partial charge in [0.25, 0.3) is 0 Å². The summed E-state index contributed by atoms with van der Waals surface area (Å²) in [6.07, 6.45) is 2.39. The van der Waals surface area contributed by atoms with Gasteiger partial charge in [-0.25, -0.2) is 4.79 Å². The predicted octanol–water partition coefficient (Wildman–Crippen LogP) is 3.53. The minimum Gasteiger partial charge on any atom is -0.508 e. The first-order chi connectivity index (χ1) is 8.31. The van der Waals surface area contributed by atoms with Crippen LogP contribution in [0.15, 0.2) is 29.8 Å². The molecule has 98 valence electrons. The van der Waals surface area contributed by atoms with E-state index >= 15 is 0 Å². The second-order valence-corrected chi connectivity index (χ2v) is 5.12. The summed E-state index contributed by atoms with van der Waals surface area (Å²) < 4.78 is 5.33. The molecule has 0 bridgehead atoms. The van der Waals surface area contributed by atoms with E-state index < -0.39 is 5.60 Å². The number of carbonyl (C=O) groups excluding carboxylic acids is 1. The smallest absolute Gasteiger partial charge is 0.334 e. The molecule has 0 radical (unpaired) electrons. The number of carbonyl (C=O) groups is 1. The lowest BCUT2D eigenvalue weighted by Crippen LogP contribution is -2.24. The number of benzene rings is 1. The maximum Gasteiger partial charge on any atom is 0.334 e. The fourth-order valence-corrected chi connectivity index (χ4v) is 1.42. The van der Waals surface area contributed by atoms with Gasteiger partial charge in [-0.15, -0.1) is 0 Å². The molecule has 18 heavy (non-hydrogen) atoms. The second kappa shape index (κ2) is 5.71. The third-order valence-corrected chi connectivity index (χ3v) is 2.28. The van der Waals surface area contributed by atoms with Crippen molar-refractivity contribution in [2.24, 2.45) is 0 Å². The maximum absolute atomic E-state index is 11.9. The van der Waals surface area contributed by atoms with Crippen molar-refractivity contribution in [1.29, 1.82) is 0 Å². The highest BCUT2D eigenvalue weighted by Gasteiger charge is 2.18. The van der Waals surface area contributed by atoms with Crippen LogP contribution in [0.25, 0.3) is 6.08 Å². The van der Waals surface area contributed by atoms with Crippen molar-refractivity contribution in [2.75, 3.05) is 0 Å².